The maximum atomic E-state index is 12.9. The predicted octanol–water partition coefficient (Wildman–Crippen LogP) is 2.96. The molecule has 0 aromatic carbocycles. The third kappa shape index (κ3) is 3.44. The summed E-state index contributed by atoms with van der Waals surface area (Å²) in [6, 6.07) is 0.276. The van der Waals surface area contributed by atoms with E-state index in [9.17, 15) is 9.90 Å². The Morgan fingerprint density at radius 1 is 1.35 bits per heavy atom. The van der Waals surface area contributed by atoms with Crippen molar-refractivity contribution in [2.24, 2.45) is 5.92 Å². The van der Waals surface area contributed by atoms with Crippen molar-refractivity contribution in [3.8, 4) is 0 Å². The summed E-state index contributed by atoms with van der Waals surface area (Å²) in [6.07, 6.45) is 7.92. The number of amides is 1. The number of carbonyl (C=O) groups excluding carboxylic acids is 1. The second-order valence-corrected chi connectivity index (χ2v) is 7.55. The van der Waals surface area contributed by atoms with E-state index < -0.39 is 0 Å². The van der Waals surface area contributed by atoms with E-state index in [4.69, 9.17) is 0 Å². The Bertz CT molecular complexity index is 563. The molecule has 2 unspecified atom stereocenters. The summed E-state index contributed by atoms with van der Waals surface area (Å²) in [5, 5.41) is 14.6. The first-order valence-electron chi connectivity index (χ1n) is 9.00. The monoisotopic (exact) mass is 319 g/mol. The summed E-state index contributed by atoms with van der Waals surface area (Å²) in [7, 11) is 1.85. The van der Waals surface area contributed by atoms with E-state index in [0.717, 1.165) is 49.8 Å². The SMILES string of the molecule is CC(C)n1ncc(C(=O)N(C)CC2CCCCC2O)c1C1CC1. The van der Waals surface area contributed by atoms with Crippen LogP contribution in [0.2, 0.25) is 0 Å². The standard InChI is InChI=1S/C18H29N3O2/c1-12(2)21-17(13-8-9-13)15(10-19-21)18(23)20(3)11-14-6-4-5-7-16(14)22/h10,12-14,16,22H,4-9,11H2,1-3H3. The van der Waals surface area contributed by atoms with Crippen molar-refractivity contribution < 1.29 is 9.90 Å². The van der Waals surface area contributed by atoms with E-state index in [2.05, 4.69) is 18.9 Å². The molecule has 1 aromatic rings. The number of hydrogen-bond acceptors (Lipinski definition) is 3. The van der Waals surface area contributed by atoms with Gasteiger partial charge in [-0.05, 0) is 39.5 Å². The molecule has 128 valence electrons. The molecule has 5 heteroatoms. The molecule has 2 aliphatic carbocycles. The number of aliphatic hydroxyl groups excluding tert-OH is 1. The lowest BCUT2D eigenvalue weighted by atomic mass is 9.86. The van der Waals surface area contributed by atoms with Crippen molar-refractivity contribution >= 4 is 5.91 Å². The minimum atomic E-state index is -0.264. The Morgan fingerprint density at radius 3 is 2.65 bits per heavy atom. The highest BCUT2D eigenvalue weighted by Gasteiger charge is 2.34. The summed E-state index contributed by atoms with van der Waals surface area (Å²) in [5.74, 6) is 0.756. The Balaban J connectivity index is 1.74. The van der Waals surface area contributed by atoms with Gasteiger partial charge in [0.1, 0.15) is 0 Å². The second-order valence-electron chi connectivity index (χ2n) is 7.55. The summed E-state index contributed by atoms with van der Waals surface area (Å²) in [6.45, 7) is 4.85. The fourth-order valence-corrected chi connectivity index (χ4v) is 3.75. The lowest BCUT2D eigenvalue weighted by molar-refractivity contribution is 0.0450. The van der Waals surface area contributed by atoms with Gasteiger partial charge in [-0.15, -0.1) is 0 Å². The zero-order valence-corrected chi connectivity index (χ0v) is 14.5. The number of carbonyl (C=O) groups is 1. The number of hydrogen-bond donors (Lipinski definition) is 1. The van der Waals surface area contributed by atoms with Crippen LogP contribution in [0.4, 0.5) is 0 Å². The number of aliphatic hydroxyl groups is 1. The number of nitrogens with zero attached hydrogens (tertiary/aromatic N) is 3. The van der Waals surface area contributed by atoms with Crippen LogP contribution >= 0.6 is 0 Å². The number of aromatic nitrogens is 2. The normalized spacial score (nSPS) is 24.9. The van der Waals surface area contributed by atoms with Gasteiger partial charge < -0.3 is 10.0 Å². The number of rotatable bonds is 5. The minimum Gasteiger partial charge on any atom is -0.393 e. The molecule has 0 aliphatic heterocycles. The molecule has 1 N–H and O–H groups in total. The molecule has 5 nitrogen and oxygen atoms in total. The third-order valence-electron chi connectivity index (χ3n) is 5.24. The smallest absolute Gasteiger partial charge is 0.257 e. The van der Waals surface area contributed by atoms with Gasteiger partial charge >= 0.3 is 0 Å². The topological polar surface area (TPSA) is 58.4 Å². The molecule has 2 atom stereocenters. The lowest BCUT2D eigenvalue weighted by Gasteiger charge is -2.31. The Kier molecular flexibility index (Phi) is 4.76. The van der Waals surface area contributed by atoms with Gasteiger partial charge in [-0.3, -0.25) is 9.48 Å². The van der Waals surface area contributed by atoms with Crippen LogP contribution in [0.25, 0.3) is 0 Å². The molecular weight excluding hydrogens is 290 g/mol. The first kappa shape index (κ1) is 16.5. The third-order valence-corrected chi connectivity index (χ3v) is 5.24. The van der Waals surface area contributed by atoms with Gasteiger partial charge in [-0.2, -0.15) is 5.10 Å². The average Bonchev–Trinajstić information content (AvgIpc) is 3.26. The summed E-state index contributed by atoms with van der Waals surface area (Å²) in [5.41, 5.74) is 1.87. The highest BCUT2D eigenvalue weighted by Crippen LogP contribution is 2.42. The Labute approximate surface area is 138 Å². The van der Waals surface area contributed by atoms with Gasteiger partial charge in [0.05, 0.1) is 23.6 Å². The molecular formula is C18H29N3O2. The maximum Gasteiger partial charge on any atom is 0.257 e. The molecule has 0 bridgehead atoms. The van der Waals surface area contributed by atoms with Crippen LogP contribution in [0.3, 0.4) is 0 Å². The fourth-order valence-electron chi connectivity index (χ4n) is 3.75. The molecule has 0 spiro atoms. The second kappa shape index (κ2) is 6.63. The molecule has 2 fully saturated rings. The van der Waals surface area contributed by atoms with Crippen molar-refractivity contribution in [2.45, 2.75) is 70.4 Å². The van der Waals surface area contributed by atoms with Crippen molar-refractivity contribution in [1.29, 1.82) is 0 Å². The van der Waals surface area contributed by atoms with Crippen LogP contribution in [0.15, 0.2) is 6.20 Å². The minimum absolute atomic E-state index is 0.0524. The summed E-state index contributed by atoms with van der Waals surface area (Å²) < 4.78 is 2.01. The quantitative estimate of drug-likeness (QED) is 0.908. The van der Waals surface area contributed by atoms with Gasteiger partial charge in [0, 0.05) is 31.5 Å². The van der Waals surface area contributed by atoms with E-state index in [1.165, 1.54) is 0 Å². The van der Waals surface area contributed by atoms with Crippen LogP contribution < -0.4 is 0 Å². The summed E-state index contributed by atoms with van der Waals surface area (Å²) >= 11 is 0. The van der Waals surface area contributed by atoms with Crippen molar-refractivity contribution in [3.05, 3.63) is 17.5 Å². The molecule has 0 radical (unpaired) electrons. The summed E-state index contributed by atoms with van der Waals surface area (Å²) in [4.78, 5) is 14.7. The van der Waals surface area contributed by atoms with Gasteiger partial charge in [-0.1, -0.05) is 12.8 Å². The van der Waals surface area contributed by atoms with Crippen LogP contribution in [0.1, 0.15) is 80.4 Å². The van der Waals surface area contributed by atoms with E-state index >= 15 is 0 Å². The highest BCUT2D eigenvalue weighted by molar-refractivity contribution is 5.95. The van der Waals surface area contributed by atoms with Crippen LogP contribution in [0.5, 0.6) is 0 Å². The van der Waals surface area contributed by atoms with Gasteiger partial charge in [0.15, 0.2) is 0 Å². The zero-order chi connectivity index (χ0) is 16.6. The molecule has 2 saturated carbocycles. The van der Waals surface area contributed by atoms with Crippen molar-refractivity contribution in [3.63, 3.8) is 0 Å². The largest absolute Gasteiger partial charge is 0.393 e. The Morgan fingerprint density at radius 2 is 2.04 bits per heavy atom. The molecule has 1 amide bonds. The first-order chi connectivity index (χ1) is 11.0. The van der Waals surface area contributed by atoms with Crippen molar-refractivity contribution in [1.82, 2.24) is 14.7 Å². The molecule has 0 saturated heterocycles. The molecule has 2 aliphatic rings. The van der Waals surface area contributed by atoms with Gasteiger partial charge in [0.2, 0.25) is 0 Å². The van der Waals surface area contributed by atoms with E-state index in [1.807, 2.05) is 11.7 Å². The first-order valence-corrected chi connectivity index (χ1v) is 9.00. The predicted molar refractivity (Wildman–Crippen MR) is 89.5 cm³/mol. The van der Waals surface area contributed by atoms with E-state index in [0.29, 0.717) is 12.5 Å². The lowest BCUT2D eigenvalue weighted by Crippen LogP contribution is -2.38. The fraction of sp³-hybridized carbons (Fsp3) is 0.778. The van der Waals surface area contributed by atoms with Crippen LogP contribution in [-0.4, -0.2) is 45.4 Å². The van der Waals surface area contributed by atoms with Gasteiger partial charge in [0.25, 0.3) is 5.91 Å². The van der Waals surface area contributed by atoms with Crippen LogP contribution in [0, 0.1) is 5.92 Å². The zero-order valence-electron chi connectivity index (χ0n) is 14.5. The van der Waals surface area contributed by atoms with Crippen molar-refractivity contribution in [2.75, 3.05) is 13.6 Å². The van der Waals surface area contributed by atoms with Crippen LogP contribution in [-0.2, 0) is 0 Å². The van der Waals surface area contributed by atoms with E-state index in [1.54, 1.807) is 11.1 Å². The molecule has 23 heavy (non-hydrogen) atoms. The van der Waals surface area contributed by atoms with E-state index in [-0.39, 0.29) is 24.0 Å². The molecule has 1 aromatic heterocycles. The highest BCUT2D eigenvalue weighted by atomic mass is 16.3. The van der Waals surface area contributed by atoms with Gasteiger partial charge in [-0.25, -0.2) is 0 Å². The maximum absolute atomic E-state index is 12.9. The molecule has 1 heterocycles. The molecule has 3 rings (SSSR count). The average molecular weight is 319 g/mol. The Hall–Kier alpha value is -1.36.